The summed E-state index contributed by atoms with van der Waals surface area (Å²) in [7, 11) is 0. The molecule has 1 aliphatic heterocycles. The molecule has 0 aliphatic carbocycles. The zero-order valence-electron chi connectivity index (χ0n) is 10.0. The van der Waals surface area contributed by atoms with Gasteiger partial charge in [0.1, 0.15) is 0 Å². The molecular weight excluding hydrogens is 238 g/mol. The maximum atomic E-state index is 11.1. The molecule has 0 spiro atoms. The molecule has 1 unspecified atom stereocenters. The molecular formula is C12H15NO5. The average molecular weight is 253 g/mol. The maximum absolute atomic E-state index is 11.1. The Labute approximate surface area is 104 Å². The van der Waals surface area contributed by atoms with Crippen molar-refractivity contribution in [2.75, 3.05) is 19.9 Å². The van der Waals surface area contributed by atoms with Gasteiger partial charge >= 0.3 is 6.09 Å². The molecule has 1 aromatic rings. The quantitative estimate of drug-likeness (QED) is 0.843. The van der Waals surface area contributed by atoms with Crippen molar-refractivity contribution in [3.8, 4) is 11.5 Å². The van der Waals surface area contributed by atoms with Crippen molar-refractivity contribution in [2.45, 2.75) is 13.0 Å². The van der Waals surface area contributed by atoms with Crippen molar-refractivity contribution >= 4 is 6.09 Å². The summed E-state index contributed by atoms with van der Waals surface area (Å²) in [5.41, 5.74) is 0.649. The Kier molecular flexibility index (Phi) is 3.88. The van der Waals surface area contributed by atoms with Gasteiger partial charge in [0, 0.05) is 0 Å². The predicted octanol–water partition coefficient (Wildman–Crippen LogP) is 1.19. The number of hydrogen-bond donors (Lipinski definition) is 2. The molecule has 0 radical (unpaired) electrons. The van der Waals surface area contributed by atoms with Crippen LogP contribution in [0.4, 0.5) is 4.79 Å². The van der Waals surface area contributed by atoms with Crippen LogP contribution in [0.3, 0.4) is 0 Å². The number of hydrogen-bond acceptors (Lipinski definition) is 5. The molecule has 0 fully saturated rings. The lowest BCUT2D eigenvalue weighted by Crippen LogP contribution is -2.28. The zero-order chi connectivity index (χ0) is 13.0. The van der Waals surface area contributed by atoms with Crippen molar-refractivity contribution < 1.29 is 24.1 Å². The summed E-state index contributed by atoms with van der Waals surface area (Å²) in [6.45, 7) is 2.29. The highest BCUT2D eigenvalue weighted by molar-refractivity contribution is 5.67. The third-order valence-corrected chi connectivity index (χ3v) is 2.50. The SMILES string of the molecule is CCOC(=O)NCC(O)c1ccc2c(c1)OCO2. The number of aliphatic hydroxyl groups excluding tert-OH is 1. The van der Waals surface area contributed by atoms with Crippen molar-refractivity contribution in [3.63, 3.8) is 0 Å². The number of aliphatic hydroxyl groups is 1. The number of benzene rings is 1. The summed E-state index contributed by atoms with van der Waals surface area (Å²) in [6.07, 6.45) is -1.36. The average Bonchev–Trinajstić information content (AvgIpc) is 2.83. The molecule has 2 rings (SSSR count). The van der Waals surface area contributed by atoms with Crippen molar-refractivity contribution in [2.24, 2.45) is 0 Å². The summed E-state index contributed by atoms with van der Waals surface area (Å²) < 4.78 is 15.1. The number of amides is 1. The van der Waals surface area contributed by atoms with Crippen molar-refractivity contribution in [1.29, 1.82) is 0 Å². The summed E-state index contributed by atoms with van der Waals surface area (Å²) in [6, 6.07) is 5.15. The predicted molar refractivity (Wildman–Crippen MR) is 62.5 cm³/mol. The number of fused-ring (bicyclic) bond motifs is 1. The van der Waals surface area contributed by atoms with Crippen LogP contribution >= 0.6 is 0 Å². The van der Waals surface area contributed by atoms with E-state index in [1.807, 2.05) is 0 Å². The summed E-state index contributed by atoms with van der Waals surface area (Å²) in [5, 5.41) is 12.4. The monoisotopic (exact) mass is 253 g/mol. The lowest BCUT2D eigenvalue weighted by Gasteiger charge is -2.12. The number of alkyl carbamates (subject to hydrolysis) is 1. The van der Waals surface area contributed by atoms with Crippen LogP contribution in [-0.4, -0.2) is 31.1 Å². The first kappa shape index (κ1) is 12.5. The fourth-order valence-corrected chi connectivity index (χ4v) is 1.60. The van der Waals surface area contributed by atoms with Crippen LogP contribution < -0.4 is 14.8 Å². The van der Waals surface area contributed by atoms with E-state index in [4.69, 9.17) is 14.2 Å². The Morgan fingerprint density at radius 3 is 3.06 bits per heavy atom. The highest BCUT2D eigenvalue weighted by Gasteiger charge is 2.17. The Morgan fingerprint density at radius 1 is 1.50 bits per heavy atom. The molecule has 18 heavy (non-hydrogen) atoms. The molecule has 1 aliphatic rings. The number of nitrogens with one attached hydrogen (secondary N) is 1. The number of carbonyl (C=O) groups is 1. The van der Waals surface area contributed by atoms with Crippen LogP contribution in [0.2, 0.25) is 0 Å². The number of ether oxygens (including phenoxy) is 3. The summed E-state index contributed by atoms with van der Waals surface area (Å²) in [4.78, 5) is 11.1. The van der Waals surface area contributed by atoms with Gasteiger partial charge < -0.3 is 24.6 Å². The van der Waals surface area contributed by atoms with Crippen LogP contribution in [0.5, 0.6) is 11.5 Å². The first-order chi connectivity index (χ1) is 8.70. The molecule has 2 N–H and O–H groups in total. The lowest BCUT2D eigenvalue weighted by atomic mass is 10.1. The van der Waals surface area contributed by atoms with E-state index in [0.717, 1.165) is 0 Å². The van der Waals surface area contributed by atoms with E-state index in [-0.39, 0.29) is 13.3 Å². The van der Waals surface area contributed by atoms with E-state index in [0.29, 0.717) is 23.7 Å². The van der Waals surface area contributed by atoms with Gasteiger partial charge in [0.15, 0.2) is 11.5 Å². The van der Waals surface area contributed by atoms with E-state index in [1.54, 1.807) is 25.1 Å². The van der Waals surface area contributed by atoms with Gasteiger partial charge in [0.05, 0.1) is 19.3 Å². The molecule has 0 saturated heterocycles. The van der Waals surface area contributed by atoms with E-state index in [2.05, 4.69) is 5.32 Å². The molecule has 0 bridgehead atoms. The van der Waals surface area contributed by atoms with E-state index >= 15 is 0 Å². The van der Waals surface area contributed by atoms with Gasteiger partial charge in [-0.25, -0.2) is 4.79 Å². The van der Waals surface area contributed by atoms with Gasteiger partial charge in [-0.2, -0.15) is 0 Å². The van der Waals surface area contributed by atoms with Gasteiger partial charge in [-0.15, -0.1) is 0 Å². The van der Waals surface area contributed by atoms with Crippen molar-refractivity contribution in [3.05, 3.63) is 23.8 Å². The minimum atomic E-state index is -0.816. The third-order valence-electron chi connectivity index (χ3n) is 2.50. The summed E-state index contributed by atoms with van der Waals surface area (Å²) >= 11 is 0. The Balaban J connectivity index is 1.92. The van der Waals surface area contributed by atoms with Crippen molar-refractivity contribution in [1.82, 2.24) is 5.32 Å². The molecule has 1 aromatic carbocycles. The van der Waals surface area contributed by atoms with Gasteiger partial charge in [-0.05, 0) is 24.6 Å². The first-order valence-corrected chi connectivity index (χ1v) is 5.69. The Hall–Kier alpha value is -1.95. The van der Waals surface area contributed by atoms with E-state index in [9.17, 15) is 9.90 Å². The topological polar surface area (TPSA) is 77.0 Å². The van der Waals surface area contributed by atoms with Crippen LogP contribution in [0.25, 0.3) is 0 Å². The molecule has 6 heteroatoms. The minimum Gasteiger partial charge on any atom is -0.454 e. The van der Waals surface area contributed by atoms with Crippen LogP contribution in [0.15, 0.2) is 18.2 Å². The van der Waals surface area contributed by atoms with Crippen LogP contribution in [0, 0.1) is 0 Å². The van der Waals surface area contributed by atoms with Gasteiger partial charge in [0.25, 0.3) is 0 Å². The smallest absolute Gasteiger partial charge is 0.407 e. The molecule has 1 atom stereocenters. The molecule has 98 valence electrons. The minimum absolute atomic E-state index is 0.0818. The van der Waals surface area contributed by atoms with E-state index in [1.165, 1.54) is 0 Å². The Morgan fingerprint density at radius 2 is 2.28 bits per heavy atom. The lowest BCUT2D eigenvalue weighted by molar-refractivity contribution is 0.135. The van der Waals surface area contributed by atoms with Gasteiger partial charge in [-0.1, -0.05) is 6.07 Å². The second-order valence-corrected chi connectivity index (χ2v) is 3.73. The molecule has 0 aromatic heterocycles. The largest absolute Gasteiger partial charge is 0.454 e. The summed E-state index contributed by atoms with van der Waals surface area (Å²) in [5.74, 6) is 1.26. The highest BCUT2D eigenvalue weighted by atomic mass is 16.7. The fourth-order valence-electron chi connectivity index (χ4n) is 1.60. The van der Waals surface area contributed by atoms with Gasteiger partial charge in [-0.3, -0.25) is 0 Å². The fraction of sp³-hybridized carbons (Fsp3) is 0.417. The number of rotatable bonds is 4. The van der Waals surface area contributed by atoms with Crippen LogP contribution in [-0.2, 0) is 4.74 Å². The third kappa shape index (κ3) is 2.84. The highest BCUT2D eigenvalue weighted by Crippen LogP contribution is 2.33. The van der Waals surface area contributed by atoms with E-state index < -0.39 is 12.2 Å². The normalized spacial score (nSPS) is 14.1. The molecule has 0 saturated carbocycles. The maximum Gasteiger partial charge on any atom is 0.407 e. The first-order valence-electron chi connectivity index (χ1n) is 5.69. The standard InChI is InChI=1S/C12H15NO5/c1-2-16-12(15)13-6-9(14)8-3-4-10-11(5-8)18-7-17-10/h3-5,9,14H,2,6-7H2,1H3,(H,13,15). The zero-order valence-corrected chi connectivity index (χ0v) is 10.0. The second kappa shape index (κ2) is 5.59. The Bertz CT molecular complexity index is 434. The van der Waals surface area contributed by atoms with Gasteiger partial charge in [0.2, 0.25) is 6.79 Å². The van der Waals surface area contributed by atoms with Crippen LogP contribution in [0.1, 0.15) is 18.6 Å². The molecule has 6 nitrogen and oxygen atoms in total. The molecule has 1 amide bonds. The number of carbonyl (C=O) groups excluding carboxylic acids is 1. The second-order valence-electron chi connectivity index (χ2n) is 3.73. The molecule has 1 heterocycles.